The smallest absolute Gasteiger partial charge is 0.308 e. The van der Waals surface area contributed by atoms with Gasteiger partial charge in [0.25, 0.3) is 11.1 Å². The van der Waals surface area contributed by atoms with Crippen LogP contribution in [-0.4, -0.2) is 44.3 Å². The van der Waals surface area contributed by atoms with Gasteiger partial charge in [-0.15, -0.1) is 0 Å². The lowest BCUT2D eigenvalue weighted by Crippen LogP contribution is -2.39. The molecule has 2 aromatic rings. The number of nitrogens with one attached hydrogen (secondary N) is 1. The van der Waals surface area contributed by atoms with E-state index in [1.165, 1.54) is 4.90 Å². The number of aromatic amines is 1. The van der Waals surface area contributed by atoms with Gasteiger partial charge >= 0.3 is 5.97 Å². The molecule has 1 aliphatic rings. The molecule has 132 valence electrons. The SMILES string of the molecule is CC1C(C(=O)O)CCN1C(=O)CCn1[nH]c(=O)c2ccccc2c1=O. The van der Waals surface area contributed by atoms with Crippen LogP contribution in [0.5, 0.6) is 0 Å². The van der Waals surface area contributed by atoms with E-state index in [4.69, 9.17) is 5.11 Å². The summed E-state index contributed by atoms with van der Waals surface area (Å²) in [5.41, 5.74) is -0.746. The second-order valence-electron chi connectivity index (χ2n) is 6.25. The molecule has 0 spiro atoms. The molecule has 1 amide bonds. The average Bonchev–Trinajstić information content (AvgIpc) is 2.98. The Morgan fingerprint density at radius 3 is 2.56 bits per heavy atom. The summed E-state index contributed by atoms with van der Waals surface area (Å²) >= 11 is 0. The number of nitrogens with zero attached hydrogens (tertiary/aromatic N) is 2. The Balaban J connectivity index is 1.76. The summed E-state index contributed by atoms with van der Waals surface area (Å²) in [5, 5.41) is 12.2. The van der Waals surface area contributed by atoms with Crippen LogP contribution in [0, 0.1) is 5.92 Å². The number of carbonyl (C=O) groups is 2. The Bertz CT molecular complexity index is 945. The van der Waals surface area contributed by atoms with Gasteiger partial charge in [0, 0.05) is 19.0 Å². The van der Waals surface area contributed by atoms with Gasteiger partial charge in [-0.3, -0.25) is 24.3 Å². The molecule has 0 radical (unpaired) electrons. The molecule has 0 saturated carbocycles. The van der Waals surface area contributed by atoms with Crippen molar-refractivity contribution < 1.29 is 14.7 Å². The first-order valence-corrected chi connectivity index (χ1v) is 8.14. The van der Waals surface area contributed by atoms with Gasteiger partial charge in [0.1, 0.15) is 0 Å². The molecule has 3 rings (SSSR count). The molecule has 1 fully saturated rings. The Morgan fingerprint density at radius 1 is 1.24 bits per heavy atom. The minimum atomic E-state index is -0.905. The molecular weight excluding hydrogens is 326 g/mol. The van der Waals surface area contributed by atoms with E-state index in [9.17, 15) is 19.2 Å². The highest BCUT2D eigenvalue weighted by atomic mass is 16.4. The summed E-state index contributed by atoms with van der Waals surface area (Å²) in [4.78, 5) is 49.5. The van der Waals surface area contributed by atoms with Crippen LogP contribution >= 0.6 is 0 Å². The first-order chi connectivity index (χ1) is 11.9. The van der Waals surface area contributed by atoms with Crippen molar-refractivity contribution in [3.8, 4) is 0 Å². The van der Waals surface area contributed by atoms with Crippen molar-refractivity contribution in [3.05, 3.63) is 45.0 Å². The van der Waals surface area contributed by atoms with E-state index in [-0.39, 0.29) is 36.0 Å². The van der Waals surface area contributed by atoms with Crippen LogP contribution in [-0.2, 0) is 16.1 Å². The Labute approximate surface area is 142 Å². The van der Waals surface area contributed by atoms with E-state index in [1.807, 2.05) is 0 Å². The van der Waals surface area contributed by atoms with Gasteiger partial charge in [0.05, 0.1) is 23.2 Å². The van der Waals surface area contributed by atoms with Crippen LogP contribution in [0.25, 0.3) is 10.8 Å². The number of hydrogen-bond acceptors (Lipinski definition) is 4. The zero-order chi connectivity index (χ0) is 18.1. The average molecular weight is 345 g/mol. The first kappa shape index (κ1) is 16.9. The van der Waals surface area contributed by atoms with Gasteiger partial charge in [-0.05, 0) is 25.5 Å². The van der Waals surface area contributed by atoms with Crippen molar-refractivity contribution >= 4 is 22.6 Å². The summed E-state index contributed by atoms with van der Waals surface area (Å²) in [7, 11) is 0. The van der Waals surface area contributed by atoms with Crippen LogP contribution in [0.15, 0.2) is 33.9 Å². The summed E-state index contributed by atoms with van der Waals surface area (Å²) in [5.74, 6) is -1.69. The lowest BCUT2D eigenvalue weighted by atomic mass is 10.0. The fourth-order valence-corrected chi connectivity index (χ4v) is 3.38. The van der Waals surface area contributed by atoms with Gasteiger partial charge in [-0.1, -0.05) is 12.1 Å². The molecular formula is C17H19N3O5. The van der Waals surface area contributed by atoms with E-state index in [1.54, 1.807) is 31.2 Å². The maximum absolute atomic E-state index is 12.4. The third kappa shape index (κ3) is 3.07. The van der Waals surface area contributed by atoms with Crippen LogP contribution in [0.3, 0.4) is 0 Å². The summed E-state index contributed by atoms with van der Waals surface area (Å²) in [6.07, 6.45) is 0.444. The third-order valence-electron chi connectivity index (χ3n) is 4.83. The quantitative estimate of drug-likeness (QED) is 0.833. The van der Waals surface area contributed by atoms with Crippen LogP contribution < -0.4 is 11.1 Å². The van der Waals surface area contributed by atoms with Crippen molar-refractivity contribution in [2.75, 3.05) is 6.54 Å². The number of carboxylic acid groups (broad SMARTS) is 1. The van der Waals surface area contributed by atoms with Gasteiger partial charge in [0.2, 0.25) is 5.91 Å². The van der Waals surface area contributed by atoms with E-state index in [2.05, 4.69) is 5.10 Å². The van der Waals surface area contributed by atoms with Crippen LogP contribution in [0.1, 0.15) is 19.8 Å². The molecule has 25 heavy (non-hydrogen) atoms. The number of H-pyrrole nitrogens is 1. The van der Waals surface area contributed by atoms with E-state index >= 15 is 0 Å². The summed E-state index contributed by atoms with van der Waals surface area (Å²) in [6.45, 7) is 2.15. The molecule has 2 heterocycles. The molecule has 8 heteroatoms. The van der Waals surface area contributed by atoms with Crippen molar-refractivity contribution in [1.29, 1.82) is 0 Å². The zero-order valence-electron chi connectivity index (χ0n) is 13.8. The zero-order valence-corrected chi connectivity index (χ0v) is 13.8. The number of amides is 1. The van der Waals surface area contributed by atoms with Crippen LogP contribution in [0.4, 0.5) is 0 Å². The summed E-state index contributed by atoms with van der Waals surface area (Å²) in [6, 6.07) is 6.13. The molecule has 8 nitrogen and oxygen atoms in total. The van der Waals surface area contributed by atoms with Gasteiger partial charge in [-0.2, -0.15) is 0 Å². The number of carboxylic acids is 1. The maximum Gasteiger partial charge on any atom is 0.308 e. The molecule has 1 aliphatic heterocycles. The highest BCUT2D eigenvalue weighted by Gasteiger charge is 2.37. The Hall–Kier alpha value is -2.90. The van der Waals surface area contributed by atoms with Crippen molar-refractivity contribution in [2.45, 2.75) is 32.4 Å². The van der Waals surface area contributed by atoms with Crippen LogP contribution in [0.2, 0.25) is 0 Å². The fraction of sp³-hybridized carbons (Fsp3) is 0.412. The fourth-order valence-electron chi connectivity index (χ4n) is 3.38. The minimum absolute atomic E-state index is 0.0187. The third-order valence-corrected chi connectivity index (χ3v) is 4.83. The molecule has 1 aromatic heterocycles. The van der Waals surface area contributed by atoms with Crippen molar-refractivity contribution in [1.82, 2.24) is 14.7 Å². The molecule has 1 saturated heterocycles. The predicted octanol–water partition coefficient (Wildman–Crippen LogP) is 0.401. The first-order valence-electron chi connectivity index (χ1n) is 8.14. The second-order valence-corrected chi connectivity index (χ2v) is 6.25. The number of hydrogen-bond donors (Lipinski definition) is 2. The number of aliphatic carboxylic acids is 1. The lowest BCUT2D eigenvalue weighted by molar-refractivity contribution is -0.143. The number of aryl methyl sites for hydroxylation is 1. The van der Waals surface area contributed by atoms with E-state index < -0.39 is 11.9 Å². The minimum Gasteiger partial charge on any atom is -0.481 e. The number of carbonyl (C=O) groups excluding carboxylic acids is 1. The highest BCUT2D eigenvalue weighted by molar-refractivity contribution is 5.81. The van der Waals surface area contributed by atoms with Gasteiger partial charge in [0.15, 0.2) is 0 Å². The molecule has 1 aromatic carbocycles. The lowest BCUT2D eigenvalue weighted by Gasteiger charge is -2.23. The number of rotatable bonds is 4. The number of benzene rings is 1. The maximum atomic E-state index is 12.4. The van der Waals surface area contributed by atoms with Gasteiger partial charge < -0.3 is 10.0 Å². The molecule has 0 bridgehead atoms. The molecule has 0 aliphatic carbocycles. The normalized spacial score (nSPS) is 20.1. The molecule has 2 unspecified atom stereocenters. The van der Waals surface area contributed by atoms with E-state index in [0.29, 0.717) is 23.7 Å². The predicted molar refractivity (Wildman–Crippen MR) is 90.4 cm³/mol. The van der Waals surface area contributed by atoms with Gasteiger partial charge in [-0.25, -0.2) is 4.68 Å². The largest absolute Gasteiger partial charge is 0.481 e. The monoisotopic (exact) mass is 345 g/mol. The molecule has 2 atom stereocenters. The Kier molecular flexibility index (Phi) is 4.43. The van der Waals surface area contributed by atoms with Crippen molar-refractivity contribution in [3.63, 3.8) is 0 Å². The summed E-state index contributed by atoms with van der Waals surface area (Å²) < 4.78 is 1.14. The van der Waals surface area contributed by atoms with Crippen molar-refractivity contribution in [2.24, 2.45) is 5.92 Å². The van der Waals surface area contributed by atoms with E-state index in [0.717, 1.165) is 4.68 Å². The Morgan fingerprint density at radius 2 is 1.92 bits per heavy atom. The molecule has 2 N–H and O–H groups in total. The number of fused-ring (bicyclic) bond motifs is 1. The standard InChI is InChI=1S/C17H19N3O5/c1-10-11(17(24)25)6-8-19(10)14(21)7-9-20-16(23)13-5-3-2-4-12(13)15(22)18-20/h2-5,10-11H,6-9H2,1H3,(H,18,22)(H,24,25). The highest BCUT2D eigenvalue weighted by Crippen LogP contribution is 2.24. The number of aromatic nitrogens is 2. The number of likely N-dealkylation sites (tertiary alicyclic amines) is 1. The second kappa shape index (κ2) is 6.54. The topological polar surface area (TPSA) is 112 Å².